The van der Waals surface area contributed by atoms with Crippen LogP contribution in [0.4, 0.5) is 13.2 Å². The number of ketones is 1. The van der Waals surface area contributed by atoms with E-state index in [0.717, 1.165) is 17.4 Å². The molecule has 0 aliphatic carbocycles. The Bertz CT molecular complexity index is 1460. The van der Waals surface area contributed by atoms with Crippen molar-refractivity contribution >= 4 is 40.4 Å². The molecule has 0 bridgehead atoms. The minimum atomic E-state index is -4.57. The second-order valence-electron chi connectivity index (χ2n) is 7.22. The predicted octanol–water partition coefficient (Wildman–Crippen LogP) is 6.91. The number of alkyl halides is 3. The van der Waals surface area contributed by atoms with Crippen LogP contribution in [0.3, 0.4) is 0 Å². The number of pyridine rings is 1. The molecule has 3 heterocycles. The number of aromatic nitrogens is 2. The number of carbonyl (C=O) groups excluding carboxylic acids is 1. The molecule has 5 nitrogen and oxygen atoms in total. The van der Waals surface area contributed by atoms with Gasteiger partial charge in [-0.3, -0.25) is 4.79 Å². The van der Waals surface area contributed by atoms with Gasteiger partial charge < -0.3 is 9.30 Å². The van der Waals surface area contributed by atoms with Crippen LogP contribution in [0.1, 0.15) is 31.4 Å². The summed E-state index contributed by atoms with van der Waals surface area (Å²) in [5.74, 6) is 0.536. The Hall–Kier alpha value is -3.87. The first-order chi connectivity index (χ1) is 16.7. The molecule has 0 aliphatic rings. The van der Waals surface area contributed by atoms with Gasteiger partial charge in [-0.15, -0.1) is 11.3 Å². The van der Waals surface area contributed by atoms with Gasteiger partial charge in [0.25, 0.3) is 0 Å². The summed E-state index contributed by atoms with van der Waals surface area (Å²) in [5.41, 5.74) is 0.276. The number of halogens is 4. The average molecular weight is 514 g/mol. The van der Waals surface area contributed by atoms with Gasteiger partial charge in [0.2, 0.25) is 5.78 Å². The molecular formula is C25H15ClF3N3O2S. The highest BCUT2D eigenvalue weighted by atomic mass is 35.5. The van der Waals surface area contributed by atoms with Gasteiger partial charge in [0.05, 0.1) is 28.1 Å². The Morgan fingerprint density at radius 2 is 1.89 bits per heavy atom. The van der Waals surface area contributed by atoms with Gasteiger partial charge in [0, 0.05) is 28.5 Å². The lowest BCUT2D eigenvalue weighted by Gasteiger charge is -2.11. The number of hydrogen-bond donors (Lipinski definition) is 0. The van der Waals surface area contributed by atoms with Gasteiger partial charge in [0.1, 0.15) is 11.8 Å². The van der Waals surface area contributed by atoms with Crippen molar-refractivity contribution in [1.29, 1.82) is 5.26 Å². The summed E-state index contributed by atoms with van der Waals surface area (Å²) in [4.78, 5) is 17.7. The molecule has 4 aromatic rings. The number of benzene rings is 1. The number of rotatable bonds is 6. The Balaban J connectivity index is 1.64. The van der Waals surface area contributed by atoms with Crippen molar-refractivity contribution in [3.05, 3.63) is 98.6 Å². The Labute approximate surface area is 207 Å². The lowest BCUT2D eigenvalue weighted by atomic mass is 10.1. The van der Waals surface area contributed by atoms with E-state index in [2.05, 4.69) is 11.1 Å². The highest BCUT2D eigenvalue weighted by Gasteiger charge is 2.31. The minimum Gasteiger partial charge on any atom is -0.497 e. The summed E-state index contributed by atoms with van der Waals surface area (Å²) >= 11 is 7.25. The third kappa shape index (κ3) is 5.14. The number of hydrogen-bond acceptors (Lipinski definition) is 5. The highest BCUT2D eigenvalue weighted by Crippen LogP contribution is 2.33. The molecule has 10 heteroatoms. The predicted molar refractivity (Wildman–Crippen MR) is 128 cm³/mol. The van der Waals surface area contributed by atoms with E-state index in [9.17, 15) is 23.2 Å². The smallest absolute Gasteiger partial charge is 0.417 e. The SMILES string of the molecule is COc1ccc(C(=O)c2ccc(/C(C#N)=C\c3cccn3-c3ncc(C(F)(F)F)cc3Cl)s2)cc1. The topological polar surface area (TPSA) is 67.9 Å². The van der Waals surface area contributed by atoms with E-state index in [4.69, 9.17) is 16.3 Å². The molecule has 4 rings (SSSR count). The molecule has 0 saturated carbocycles. The number of ether oxygens (including phenoxy) is 1. The molecule has 0 saturated heterocycles. The van der Waals surface area contributed by atoms with Gasteiger partial charge in [0.15, 0.2) is 5.82 Å². The van der Waals surface area contributed by atoms with Gasteiger partial charge in [-0.05, 0) is 60.7 Å². The van der Waals surface area contributed by atoms with Crippen LogP contribution < -0.4 is 4.74 Å². The van der Waals surface area contributed by atoms with Crippen LogP contribution in [0, 0.1) is 11.3 Å². The van der Waals surface area contributed by atoms with Crippen LogP contribution >= 0.6 is 22.9 Å². The highest BCUT2D eigenvalue weighted by molar-refractivity contribution is 7.15. The molecule has 3 aromatic heterocycles. The average Bonchev–Trinajstić information content (AvgIpc) is 3.51. The van der Waals surface area contributed by atoms with Gasteiger partial charge >= 0.3 is 6.18 Å². The van der Waals surface area contributed by atoms with E-state index in [1.807, 2.05) is 0 Å². The van der Waals surface area contributed by atoms with Gasteiger partial charge in [-0.1, -0.05) is 11.6 Å². The summed E-state index contributed by atoms with van der Waals surface area (Å²) in [5, 5.41) is 9.57. The van der Waals surface area contributed by atoms with Crippen molar-refractivity contribution in [2.75, 3.05) is 7.11 Å². The van der Waals surface area contributed by atoms with Crippen LogP contribution in [0.5, 0.6) is 5.75 Å². The number of nitriles is 1. The first-order valence-electron chi connectivity index (χ1n) is 10.0. The summed E-state index contributed by atoms with van der Waals surface area (Å²) in [6, 6.07) is 16.3. The number of thiophene rings is 1. The normalized spacial score (nSPS) is 11.8. The number of nitrogens with zero attached hydrogens (tertiary/aromatic N) is 3. The maximum atomic E-state index is 12.9. The Kier molecular flexibility index (Phi) is 6.78. The summed E-state index contributed by atoms with van der Waals surface area (Å²) in [7, 11) is 1.54. The summed E-state index contributed by atoms with van der Waals surface area (Å²) in [6.07, 6.45) is -0.725. The molecule has 0 atom stereocenters. The van der Waals surface area contributed by atoms with Crippen molar-refractivity contribution in [2.45, 2.75) is 6.18 Å². The first-order valence-corrected chi connectivity index (χ1v) is 11.2. The monoisotopic (exact) mass is 513 g/mol. The standard InChI is InChI=1S/C25H15ClF3N3O2S/c1-34-19-6-4-15(5-7-19)23(33)22-9-8-21(35-22)16(13-30)11-18-3-2-10-32(18)24-20(26)12-17(14-31-24)25(27,28)29/h2-12,14H,1H3/b16-11-. The fourth-order valence-electron chi connectivity index (χ4n) is 3.26. The van der Waals surface area contributed by atoms with Crippen LogP contribution in [0.15, 0.2) is 67.0 Å². The molecule has 0 spiro atoms. The van der Waals surface area contributed by atoms with Crippen molar-refractivity contribution in [1.82, 2.24) is 9.55 Å². The third-order valence-electron chi connectivity index (χ3n) is 5.02. The summed E-state index contributed by atoms with van der Waals surface area (Å²) < 4.78 is 45.4. The van der Waals surface area contributed by atoms with Crippen LogP contribution in [-0.2, 0) is 6.18 Å². The maximum absolute atomic E-state index is 12.9. The molecule has 0 aliphatic heterocycles. The van der Waals surface area contributed by atoms with Crippen molar-refractivity contribution in [2.24, 2.45) is 0 Å². The van der Waals surface area contributed by atoms with Crippen LogP contribution in [0.25, 0.3) is 17.5 Å². The maximum Gasteiger partial charge on any atom is 0.417 e. The number of methoxy groups -OCH3 is 1. The van der Waals surface area contributed by atoms with Crippen LogP contribution in [0.2, 0.25) is 5.02 Å². The first kappa shape index (κ1) is 24.3. The summed E-state index contributed by atoms with van der Waals surface area (Å²) in [6.45, 7) is 0. The van der Waals surface area contributed by atoms with E-state index in [-0.39, 0.29) is 22.2 Å². The van der Waals surface area contributed by atoms with E-state index in [0.29, 0.717) is 33.0 Å². The van der Waals surface area contributed by atoms with Crippen LogP contribution in [-0.4, -0.2) is 22.4 Å². The second kappa shape index (κ2) is 9.78. The lowest BCUT2D eigenvalue weighted by Crippen LogP contribution is -2.08. The molecule has 176 valence electrons. The zero-order valence-electron chi connectivity index (χ0n) is 18.0. The van der Waals surface area contributed by atoms with Crippen molar-refractivity contribution < 1.29 is 22.7 Å². The lowest BCUT2D eigenvalue weighted by molar-refractivity contribution is -0.137. The zero-order chi connectivity index (χ0) is 25.2. The molecule has 0 amide bonds. The third-order valence-corrected chi connectivity index (χ3v) is 6.41. The fourth-order valence-corrected chi connectivity index (χ4v) is 4.45. The van der Waals surface area contributed by atoms with Gasteiger partial charge in [-0.2, -0.15) is 18.4 Å². The molecular weight excluding hydrogens is 499 g/mol. The Morgan fingerprint density at radius 1 is 1.17 bits per heavy atom. The van der Waals surface area contributed by atoms with E-state index >= 15 is 0 Å². The van der Waals surface area contributed by atoms with Crippen molar-refractivity contribution in [3.8, 4) is 17.6 Å². The molecule has 0 radical (unpaired) electrons. The van der Waals surface area contributed by atoms with Gasteiger partial charge in [-0.25, -0.2) is 4.98 Å². The minimum absolute atomic E-state index is 0.0924. The quantitative estimate of drug-likeness (QED) is 0.207. The molecule has 0 unspecified atom stereocenters. The Morgan fingerprint density at radius 3 is 2.51 bits per heavy atom. The van der Waals surface area contributed by atoms with E-state index in [1.165, 1.54) is 11.7 Å². The second-order valence-corrected chi connectivity index (χ2v) is 8.71. The largest absolute Gasteiger partial charge is 0.497 e. The number of allylic oxidation sites excluding steroid dienone is 1. The fraction of sp³-hybridized carbons (Fsp3) is 0.0800. The van der Waals surface area contributed by atoms with E-state index in [1.54, 1.807) is 60.8 Å². The van der Waals surface area contributed by atoms with E-state index < -0.39 is 11.7 Å². The zero-order valence-corrected chi connectivity index (χ0v) is 19.6. The molecule has 0 N–H and O–H groups in total. The van der Waals surface area contributed by atoms with Crippen molar-refractivity contribution in [3.63, 3.8) is 0 Å². The molecule has 1 aromatic carbocycles. The molecule has 0 fully saturated rings. The molecule has 35 heavy (non-hydrogen) atoms. The number of carbonyl (C=O) groups is 1.